The van der Waals surface area contributed by atoms with Gasteiger partial charge in [0, 0.05) is 22.3 Å². The van der Waals surface area contributed by atoms with Crippen LogP contribution in [0.3, 0.4) is 0 Å². The zero-order valence-corrected chi connectivity index (χ0v) is 15.3. The molecule has 128 valence electrons. The fraction of sp³-hybridized carbons (Fsp3) is 0.0526. The van der Waals surface area contributed by atoms with Crippen molar-refractivity contribution in [2.45, 2.75) is 6.92 Å². The van der Waals surface area contributed by atoms with Crippen LogP contribution in [0.15, 0.2) is 74.6 Å². The maximum Gasteiger partial charge on any atom is 0.282 e. The van der Waals surface area contributed by atoms with Gasteiger partial charge < -0.3 is 4.52 Å². The molecule has 0 aliphatic rings. The number of hydrogen-bond donors (Lipinski definition) is 0. The first-order chi connectivity index (χ1) is 12.6. The lowest BCUT2D eigenvalue weighted by molar-refractivity contribution is 0.429. The summed E-state index contributed by atoms with van der Waals surface area (Å²) in [6.07, 6.45) is 1.62. The van der Waals surface area contributed by atoms with E-state index in [-0.39, 0.29) is 17.0 Å². The van der Waals surface area contributed by atoms with Crippen molar-refractivity contribution < 1.29 is 4.52 Å². The Morgan fingerprint density at radius 2 is 1.92 bits per heavy atom. The smallest absolute Gasteiger partial charge is 0.282 e. The fourth-order valence-corrected chi connectivity index (χ4v) is 2.93. The molecule has 0 bridgehead atoms. The summed E-state index contributed by atoms with van der Waals surface area (Å²) in [5.41, 5.74) is 2.56. The van der Waals surface area contributed by atoms with E-state index in [1.807, 2.05) is 55.5 Å². The first-order valence-electron chi connectivity index (χ1n) is 7.87. The van der Waals surface area contributed by atoms with Crippen LogP contribution in [-0.4, -0.2) is 19.9 Å². The number of benzene rings is 2. The van der Waals surface area contributed by atoms with E-state index in [0.29, 0.717) is 5.82 Å². The van der Waals surface area contributed by atoms with Gasteiger partial charge in [-0.2, -0.15) is 10.1 Å². The lowest BCUT2D eigenvalue weighted by Crippen LogP contribution is -2.12. The summed E-state index contributed by atoms with van der Waals surface area (Å²) in [4.78, 5) is 16.6. The second kappa shape index (κ2) is 6.68. The summed E-state index contributed by atoms with van der Waals surface area (Å²) >= 11 is 3.41. The molecule has 7 heteroatoms. The highest BCUT2D eigenvalue weighted by atomic mass is 79.9. The summed E-state index contributed by atoms with van der Waals surface area (Å²) in [5, 5.41) is 8.34. The summed E-state index contributed by atoms with van der Waals surface area (Å²) < 4.78 is 7.81. The average molecular weight is 409 g/mol. The quantitative estimate of drug-likeness (QED) is 0.511. The van der Waals surface area contributed by atoms with Gasteiger partial charge in [0.1, 0.15) is 0 Å². The van der Waals surface area contributed by atoms with Crippen molar-refractivity contribution in [3.8, 4) is 28.7 Å². The Morgan fingerprint density at radius 3 is 2.73 bits per heavy atom. The second-order valence-electron chi connectivity index (χ2n) is 5.75. The van der Waals surface area contributed by atoms with Gasteiger partial charge in [-0.05, 0) is 36.8 Å². The monoisotopic (exact) mass is 408 g/mol. The molecule has 0 atom stereocenters. The van der Waals surface area contributed by atoms with Crippen LogP contribution in [0.2, 0.25) is 0 Å². The molecule has 2 aromatic carbocycles. The van der Waals surface area contributed by atoms with Gasteiger partial charge in [-0.15, -0.1) is 0 Å². The molecule has 26 heavy (non-hydrogen) atoms. The third-order valence-electron chi connectivity index (χ3n) is 3.79. The number of aryl methyl sites for hydroxylation is 1. The molecular weight excluding hydrogens is 396 g/mol. The highest BCUT2D eigenvalue weighted by Crippen LogP contribution is 2.22. The van der Waals surface area contributed by atoms with Crippen LogP contribution in [0.1, 0.15) is 5.56 Å². The van der Waals surface area contributed by atoms with Crippen LogP contribution in [-0.2, 0) is 0 Å². The molecular formula is C19H13BrN4O2. The van der Waals surface area contributed by atoms with Crippen molar-refractivity contribution >= 4 is 15.9 Å². The minimum atomic E-state index is -0.279. The van der Waals surface area contributed by atoms with Gasteiger partial charge in [-0.3, -0.25) is 4.79 Å². The van der Waals surface area contributed by atoms with Crippen molar-refractivity contribution in [2.24, 2.45) is 0 Å². The Morgan fingerprint density at radius 1 is 1.08 bits per heavy atom. The van der Waals surface area contributed by atoms with E-state index < -0.39 is 0 Å². The Hall–Kier alpha value is -3.06. The number of hydrogen-bond acceptors (Lipinski definition) is 5. The third kappa shape index (κ3) is 3.21. The normalized spacial score (nSPS) is 10.8. The number of nitrogens with zero attached hydrogens (tertiary/aromatic N) is 4. The topological polar surface area (TPSA) is 73.8 Å². The van der Waals surface area contributed by atoms with Crippen LogP contribution in [0.4, 0.5) is 0 Å². The van der Waals surface area contributed by atoms with Gasteiger partial charge in [0.15, 0.2) is 5.69 Å². The molecule has 0 amide bonds. The van der Waals surface area contributed by atoms with Crippen molar-refractivity contribution in [3.63, 3.8) is 0 Å². The molecule has 0 aliphatic carbocycles. The maximum atomic E-state index is 12.3. The van der Waals surface area contributed by atoms with Crippen LogP contribution in [0.25, 0.3) is 28.7 Å². The standard InChI is InChI=1S/C19H13BrN4O2/c1-12-4-2-7-15(10-12)24-9-8-16(25)17(22-24)19-21-18(23-26-19)13-5-3-6-14(20)11-13/h2-11H,1H3. The molecule has 4 aromatic rings. The fourth-order valence-electron chi connectivity index (χ4n) is 2.53. The Kier molecular flexibility index (Phi) is 4.22. The molecule has 2 heterocycles. The lowest BCUT2D eigenvalue weighted by Gasteiger charge is -2.06. The van der Waals surface area contributed by atoms with Crippen molar-refractivity contribution in [2.75, 3.05) is 0 Å². The minimum Gasteiger partial charge on any atom is -0.332 e. The van der Waals surface area contributed by atoms with Crippen molar-refractivity contribution in [1.29, 1.82) is 0 Å². The largest absolute Gasteiger partial charge is 0.332 e. The van der Waals surface area contributed by atoms with Gasteiger partial charge in [0.25, 0.3) is 5.89 Å². The van der Waals surface area contributed by atoms with E-state index in [2.05, 4.69) is 31.2 Å². The predicted octanol–water partition coefficient (Wildman–Crippen LogP) is 4.02. The van der Waals surface area contributed by atoms with E-state index in [0.717, 1.165) is 21.3 Å². The number of halogens is 1. The molecule has 0 aliphatic heterocycles. The van der Waals surface area contributed by atoms with Crippen LogP contribution < -0.4 is 5.43 Å². The summed E-state index contributed by atoms with van der Waals surface area (Å²) in [7, 11) is 0. The Labute approximate surface area is 157 Å². The van der Waals surface area contributed by atoms with Gasteiger partial charge in [-0.1, -0.05) is 45.4 Å². The Bertz CT molecular complexity index is 1150. The van der Waals surface area contributed by atoms with E-state index in [1.165, 1.54) is 6.07 Å². The molecule has 0 saturated heterocycles. The van der Waals surface area contributed by atoms with Gasteiger partial charge in [0.2, 0.25) is 11.3 Å². The molecule has 4 rings (SSSR count). The number of aromatic nitrogens is 4. The third-order valence-corrected chi connectivity index (χ3v) is 4.28. The summed E-state index contributed by atoms with van der Waals surface area (Å²) in [5.74, 6) is 0.487. The van der Waals surface area contributed by atoms with E-state index in [9.17, 15) is 4.79 Å². The van der Waals surface area contributed by atoms with E-state index >= 15 is 0 Å². The zero-order valence-electron chi connectivity index (χ0n) is 13.8. The van der Waals surface area contributed by atoms with Gasteiger partial charge in [0.05, 0.1) is 5.69 Å². The molecule has 0 spiro atoms. The second-order valence-corrected chi connectivity index (χ2v) is 6.66. The molecule has 0 radical (unpaired) electrons. The first-order valence-corrected chi connectivity index (χ1v) is 8.66. The van der Waals surface area contributed by atoms with Crippen molar-refractivity contribution in [1.82, 2.24) is 19.9 Å². The molecule has 2 aromatic heterocycles. The molecule has 0 unspecified atom stereocenters. The SMILES string of the molecule is Cc1cccc(-n2ccc(=O)c(-c3nc(-c4cccc(Br)c4)no3)n2)c1. The molecule has 0 saturated carbocycles. The minimum absolute atomic E-state index is 0.0898. The maximum absolute atomic E-state index is 12.3. The number of rotatable bonds is 3. The van der Waals surface area contributed by atoms with E-state index in [1.54, 1.807) is 10.9 Å². The summed E-state index contributed by atoms with van der Waals surface area (Å²) in [6.45, 7) is 2.00. The van der Waals surface area contributed by atoms with Crippen LogP contribution >= 0.6 is 15.9 Å². The van der Waals surface area contributed by atoms with Crippen LogP contribution in [0.5, 0.6) is 0 Å². The van der Waals surface area contributed by atoms with Crippen LogP contribution in [0, 0.1) is 6.92 Å². The van der Waals surface area contributed by atoms with Crippen molar-refractivity contribution in [3.05, 3.63) is 81.1 Å². The highest BCUT2D eigenvalue weighted by molar-refractivity contribution is 9.10. The van der Waals surface area contributed by atoms with Gasteiger partial charge >= 0.3 is 0 Å². The first kappa shape index (κ1) is 16.4. The zero-order chi connectivity index (χ0) is 18.1. The molecule has 0 fully saturated rings. The Balaban J connectivity index is 1.77. The summed E-state index contributed by atoms with van der Waals surface area (Å²) in [6, 6.07) is 16.8. The molecule has 6 nitrogen and oxygen atoms in total. The van der Waals surface area contributed by atoms with E-state index in [4.69, 9.17) is 4.52 Å². The molecule has 0 N–H and O–H groups in total. The average Bonchev–Trinajstić information content (AvgIpc) is 3.12. The van der Waals surface area contributed by atoms with Gasteiger partial charge in [-0.25, -0.2) is 4.68 Å². The predicted molar refractivity (Wildman–Crippen MR) is 101 cm³/mol. The highest BCUT2D eigenvalue weighted by Gasteiger charge is 2.16. The lowest BCUT2D eigenvalue weighted by atomic mass is 10.2.